The van der Waals surface area contributed by atoms with Crippen LogP contribution >= 0.6 is 0 Å². The highest BCUT2D eigenvalue weighted by Gasteiger charge is 2.44. The van der Waals surface area contributed by atoms with Gasteiger partial charge in [-0.05, 0) is 87.2 Å². The Bertz CT molecular complexity index is 3230. The Labute approximate surface area is 616 Å². The van der Waals surface area contributed by atoms with Gasteiger partial charge in [-0.15, -0.1) is 0 Å². The van der Waals surface area contributed by atoms with E-state index < -0.39 is 217 Å². The van der Waals surface area contributed by atoms with Gasteiger partial charge in [-0.3, -0.25) is 76.7 Å². The van der Waals surface area contributed by atoms with Crippen LogP contribution in [0.25, 0.3) is 0 Å². The zero-order chi connectivity index (χ0) is 78.8. The molecule has 0 saturated carbocycles. The highest BCUT2D eigenvalue weighted by atomic mass is 16.3. The number of carbonyl (C=O) groups is 16. The standard InChI is InChI=1S/C72H108N16O18/c1-11-39(7)57-71(105)87-27-19-25-53(87)69(103)81-47(31-43-21-15-13-16-22-43)63(97)79-49(33-55(73)91)65(99)84-52(36-90)68(102)78-46(30-38(5)6)62(96)76-42(10)60(94)86-58(40(8)12-2)72(106)88-28-20-26-54(88)70(104)82-48(32-44-23-17-14-18-24-44)64(98)80-50(34-56(74)92)66(100)83-51(35-89)67(101)77-45(29-37(3)4)61(95)75-41(9)59(93)85-57/h13-18,21-24,37-42,45-54,57-58,89-90H,11-12,19-20,25-36H2,1-10H3,(H2,73,91)(H2,74,92)(H,75,95)(H,76,96)(H,77,101)(H,78,102)(H,79,97)(H,80,98)(H,81,103)(H,82,104)(H,83,100)(H,84,99)(H,85,93)(H,86,94)/t39-,40-,41-,42-,45-,46-,47-,48-,49-,50-,51-,52-,53-,54-,57-,58-/m0/s1. The van der Waals surface area contributed by atoms with Gasteiger partial charge in [0.05, 0.1) is 26.1 Å². The van der Waals surface area contributed by atoms with Crippen LogP contribution in [-0.4, -0.2) is 225 Å². The SMILES string of the molecule is CC[C@H](C)[C@@H]1NC(=O)[C@H](C)NC(=O)[C@H](CC(C)C)NC(=O)[C@H](CO)NC(=O)[C@H](CC(N)=O)NC(=O)[C@H](Cc2ccccc2)NC(=O)[C@@H]2CCCN2C(=O)[C@H]([C@@H](C)CC)NC(=O)[C@H](C)NC(=O)[C@H](CC(C)C)NC(=O)[C@H](CO)NC(=O)[C@H](CC(N)=O)NC(=O)[C@H](Cc2ccccc2)NC(=O)[C@@H]2CCCN2C1=O. The van der Waals surface area contributed by atoms with Crippen molar-refractivity contribution < 1.29 is 86.9 Å². The van der Waals surface area contributed by atoms with Gasteiger partial charge < -0.3 is 95.3 Å². The van der Waals surface area contributed by atoms with E-state index in [1.165, 1.54) is 23.6 Å². The van der Waals surface area contributed by atoms with Crippen molar-refractivity contribution in [3.8, 4) is 0 Å². The lowest BCUT2D eigenvalue weighted by Crippen LogP contribution is -2.62. The molecule has 2 aromatic carbocycles. The van der Waals surface area contributed by atoms with E-state index in [2.05, 4.69) is 63.8 Å². The summed E-state index contributed by atoms with van der Waals surface area (Å²) in [5.74, 6) is -17.3. The van der Waals surface area contributed by atoms with Gasteiger partial charge in [0, 0.05) is 25.9 Å². The number of hydrogen-bond donors (Lipinski definition) is 16. The van der Waals surface area contributed by atoms with Crippen LogP contribution in [0.5, 0.6) is 0 Å². The van der Waals surface area contributed by atoms with Crippen molar-refractivity contribution in [3.05, 3.63) is 71.8 Å². The number of nitrogens with zero attached hydrogens (tertiary/aromatic N) is 2. The second-order valence-electron chi connectivity index (χ2n) is 28.4. The summed E-state index contributed by atoms with van der Waals surface area (Å²) in [7, 11) is 0. The maximum absolute atomic E-state index is 14.8. The number of aliphatic hydroxyl groups is 2. The number of rotatable bonds is 18. The molecule has 16 amide bonds. The highest BCUT2D eigenvalue weighted by Crippen LogP contribution is 2.25. The zero-order valence-electron chi connectivity index (χ0n) is 62.0. The quantitative estimate of drug-likeness (QED) is 0.0682. The number of nitrogens with two attached hydrogens (primary N) is 2. The van der Waals surface area contributed by atoms with Gasteiger partial charge >= 0.3 is 0 Å². The van der Waals surface area contributed by atoms with Crippen molar-refractivity contribution in [1.29, 1.82) is 0 Å². The van der Waals surface area contributed by atoms with Crippen molar-refractivity contribution in [2.45, 2.75) is 231 Å². The number of carbonyl (C=O) groups excluding carboxylic acids is 16. The van der Waals surface area contributed by atoms with Crippen LogP contribution in [-0.2, 0) is 89.6 Å². The van der Waals surface area contributed by atoms with E-state index in [0.717, 1.165) is 0 Å². The molecule has 106 heavy (non-hydrogen) atoms. The van der Waals surface area contributed by atoms with E-state index in [-0.39, 0.29) is 63.5 Å². The molecule has 0 spiro atoms. The van der Waals surface area contributed by atoms with Gasteiger partial charge in [0.1, 0.15) is 84.6 Å². The normalized spacial score (nSPS) is 27.6. The van der Waals surface area contributed by atoms with Crippen LogP contribution < -0.4 is 75.3 Å². The Morgan fingerprint density at radius 1 is 0.396 bits per heavy atom. The lowest BCUT2D eigenvalue weighted by Gasteiger charge is -2.33. The molecule has 2 aromatic rings. The summed E-state index contributed by atoms with van der Waals surface area (Å²) in [4.78, 5) is 229. The largest absolute Gasteiger partial charge is 0.394 e. The maximum Gasteiger partial charge on any atom is 0.246 e. The Hall–Kier alpha value is -10.1. The number of nitrogens with one attached hydrogen (secondary N) is 12. The fraction of sp³-hybridized carbons (Fsp3) is 0.611. The summed E-state index contributed by atoms with van der Waals surface area (Å²) in [5.41, 5.74) is 12.2. The minimum atomic E-state index is -1.85. The van der Waals surface area contributed by atoms with Gasteiger partial charge in [-0.1, -0.05) is 129 Å². The van der Waals surface area contributed by atoms with Crippen molar-refractivity contribution in [2.75, 3.05) is 26.3 Å². The molecule has 3 aliphatic rings. The van der Waals surface area contributed by atoms with Crippen LogP contribution in [0.1, 0.15) is 145 Å². The summed E-state index contributed by atoms with van der Waals surface area (Å²) >= 11 is 0. The first-order valence-corrected chi connectivity index (χ1v) is 36.2. The van der Waals surface area contributed by atoms with E-state index >= 15 is 0 Å². The molecule has 16 atom stereocenters. The first-order valence-electron chi connectivity index (χ1n) is 36.2. The Morgan fingerprint density at radius 3 is 0.981 bits per heavy atom. The summed E-state index contributed by atoms with van der Waals surface area (Å²) in [6.45, 7) is 14.2. The van der Waals surface area contributed by atoms with Crippen molar-refractivity contribution >= 4 is 94.5 Å². The second kappa shape index (κ2) is 41.5. The highest BCUT2D eigenvalue weighted by molar-refractivity contribution is 6.02. The molecule has 0 aromatic heterocycles. The minimum Gasteiger partial charge on any atom is -0.394 e. The van der Waals surface area contributed by atoms with Crippen LogP contribution in [0.15, 0.2) is 60.7 Å². The Balaban J connectivity index is 1.55. The fourth-order valence-electron chi connectivity index (χ4n) is 12.5. The number of aliphatic hydroxyl groups excluding tert-OH is 2. The van der Waals surface area contributed by atoms with Crippen LogP contribution in [0.2, 0.25) is 0 Å². The molecule has 18 N–H and O–H groups in total. The zero-order valence-corrected chi connectivity index (χ0v) is 62.0. The summed E-state index contributed by atoms with van der Waals surface area (Å²) in [5, 5.41) is 51.6. The number of fused-ring (bicyclic) bond motifs is 2. The summed E-state index contributed by atoms with van der Waals surface area (Å²) in [6.07, 6.45) is -0.914. The molecule has 3 aliphatic heterocycles. The predicted molar refractivity (Wildman–Crippen MR) is 384 cm³/mol. The summed E-state index contributed by atoms with van der Waals surface area (Å²) in [6, 6.07) is -4.61. The van der Waals surface area contributed by atoms with E-state index in [1.807, 2.05) is 0 Å². The molecule has 34 heteroatoms. The number of primary amides is 2. The first kappa shape index (κ1) is 86.5. The van der Waals surface area contributed by atoms with E-state index in [1.54, 1.807) is 116 Å². The Kier molecular flexibility index (Phi) is 33.9. The average Bonchev–Trinajstić information content (AvgIpc) is 1.65. The molecular formula is C72H108N16O18. The van der Waals surface area contributed by atoms with Gasteiger partial charge in [0.15, 0.2) is 0 Å². The van der Waals surface area contributed by atoms with Crippen LogP contribution in [0, 0.1) is 23.7 Å². The predicted octanol–water partition coefficient (Wildman–Crippen LogP) is -3.76. The smallest absolute Gasteiger partial charge is 0.246 e. The van der Waals surface area contributed by atoms with E-state index in [0.29, 0.717) is 36.8 Å². The molecule has 0 aliphatic carbocycles. The van der Waals surface area contributed by atoms with Crippen molar-refractivity contribution in [2.24, 2.45) is 35.1 Å². The number of benzene rings is 2. The van der Waals surface area contributed by atoms with E-state index in [9.17, 15) is 86.9 Å². The topological polar surface area (TPSA) is 516 Å². The molecule has 34 nitrogen and oxygen atoms in total. The average molecular weight is 1490 g/mol. The van der Waals surface area contributed by atoms with Crippen LogP contribution in [0.3, 0.4) is 0 Å². The summed E-state index contributed by atoms with van der Waals surface area (Å²) < 4.78 is 0. The van der Waals surface area contributed by atoms with Gasteiger partial charge in [-0.2, -0.15) is 0 Å². The van der Waals surface area contributed by atoms with Crippen molar-refractivity contribution in [1.82, 2.24) is 73.6 Å². The van der Waals surface area contributed by atoms with Gasteiger partial charge in [-0.25, -0.2) is 0 Å². The minimum absolute atomic E-state index is 0.0177. The third-order valence-corrected chi connectivity index (χ3v) is 19.0. The lowest BCUT2D eigenvalue weighted by molar-refractivity contribution is -0.143. The molecule has 584 valence electrons. The molecule has 5 rings (SSSR count). The fourth-order valence-corrected chi connectivity index (χ4v) is 12.5. The maximum atomic E-state index is 14.8. The first-order chi connectivity index (χ1) is 50.1. The Morgan fingerprint density at radius 2 is 0.679 bits per heavy atom. The molecule has 3 saturated heterocycles. The van der Waals surface area contributed by atoms with Crippen molar-refractivity contribution in [3.63, 3.8) is 0 Å². The second-order valence-corrected chi connectivity index (χ2v) is 28.4. The number of hydrogen-bond acceptors (Lipinski definition) is 18. The number of amides is 16. The van der Waals surface area contributed by atoms with E-state index in [4.69, 9.17) is 11.5 Å². The molecular weight excluding hydrogens is 1380 g/mol. The van der Waals surface area contributed by atoms with Gasteiger partial charge in [0.25, 0.3) is 0 Å². The molecule has 0 bridgehead atoms. The van der Waals surface area contributed by atoms with Gasteiger partial charge in [0.2, 0.25) is 94.5 Å². The third-order valence-electron chi connectivity index (χ3n) is 19.0. The molecule has 0 radical (unpaired) electrons. The molecule has 0 unspecified atom stereocenters. The molecule has 3 heterocycles. The van der Waals surface area contributed by atoms with Crippen LogP contribution in [0.4, 0.5) is 0 Å². The monoisotopic (exact) mass is 1480 g/mol. The third kappa shape index (κ3) is 25.6. The lowest BCUT2D eigenvalue weighted by atomic mass is 9.96. The molecule has 3 fully saturated rings.